The minimum absolute atomic E-state index is 0.0174. The first-order valence-corrected chi connectivity index (χ1v) is 5.43. The second-order valence-electron chi connectivity index (χ2n) is 5.44. The van der Waals surface area contributed by atoms with Gasteiger partial charge in [0.25, 0.3) is 0 Å². The zero-order chi connectivity index (χ0) is 11.3. The van der Waals surface area contributed by atoms with Crippen LogP contribution in [-0.2, 0) is 9.53 Å². The number of rotatable bonds is 2. The maximum absolute atomic E-state index is 11.3. The first-order chi connectivity index (χ1) is 6.82. The predicted octanol–water partition coefficient (Wildman–Crippen LogP) is 2.65. The van der Waals surface area contributed by atoms with Crippen LogP contribution < -0.4 is 0 Å². The molecule has 15 heavy (non-hydrogen) atoms. The van der Waals surface area contributed by atoms with Crippen LogP contribution in [0.4, 0.5) is 0 Å². The molecule has 0 aromatic rings. The number of hydrogen-bond acceptors (Lipinski definition) is 2. The third-order valence-corrected chi connectivity index (χ3v) is 3.34. The Kier molecular flexibility index (Phi) is 2.16. The highest BCUT2D eigenvalue weighted by Crippen LogP contribution is 2.44. The van der Waals surface area contributed by atoms with Crippen molar-refractivity contribution in [2.45, 2.75) is 45.8 Å². The second kappa shape index (κ2) is 3.05. The van der Waals surface area contributed by atoms with Crippen LogP contribution in [0.2, 0.25) is 0 Å². The summed E-state index contributed by atoms with van der Waals surface area (Å²) in [6.07, 6.45) is 7.03. The molecule has 1 fully saturated rings. The van der Waals surface area contributed by atoms with Crippen molar-refractivity contribution < 1.29 is 9.53 Å². The third kappa shape index (κ3) is 2.05. The summed E-state index contributed by atoms with van der Waals surface area (Å²) in [5.41, 5.74) is 0.856. The molecule has 0 aromatic carbocycles. The Balaban J connectivity index is 2.09. The molecule has 0 aromatic heterocycles. The van der Waals surface area contributed by atoms with Crippen molar-refractivity contribution in [3.05, 3.63) is 23.8 Å². The van der Waals surface area contributed by atoms with Crippen molar-refractivity contribution >= 4 is 5.78 Å². The molecule has 2 atom stereocenters. The maximum atomic E-state index is 11.3. The van der Waals surface area contributed by atoms with Crippen LogP contribution in [0.5, 0.6) is 0 Å². The molecule has 0 amide bonds. The van der Waals surface area contributed by atoms with Crippen molar-refractivity contribution in [1.82, 2.24) is 0 Å². The standard InChI is InChI=1S/C13H18O2/c1-9-7-13(4,6-5-10(9)14)8-11-12(2,3)15-11/h5-7,11H,8H2,1-4H3. The van der Waals surface area contributed by atoms with Gasteiger partial charge in [-0.3, -0.25) is 4.79 Å². The Morgan fingerprint density at radius 1 is 1.40 bits per heavy atom. The van der Waals surface area contributed by atoms with Gasteiger partial charge >= 0.3 is 0 Å². The molecule has 0 spiro atoms. The smallest absolute Gasteiger partial charge is 0.180 e. The van der Waals surface area contributed by atoms with E-state index in [0.29, 0.717) is 6.10 Å². The zero-order valence-electron chi connectivity index (χ0n) is 9.83. The van der Waals surface area contributed by atoms with Crippen LogP contribution in [0.25, 0.3) is 0 Å². The molecule has 0 bridgehead atoms. The van der Waals surface area contributed by atoms with Gasteiger partial charge in [0.1, 0.15) is 0 Å². The Labute approximate surface area is 91.0 Å². The monoisotopic (exact) mass is 206 g/mol. The fraction of sp³-hybridized carbons (Fsp3) is 0.615. The van der Waals surface area contributed by atoms with Crippen molar-refractivity contribution in [2.24, 2.45) is 5.41 Å². The molecule has 1 heterocycles. The third-order valence-electron chi connectivity index (χ3n) is 3.34. The van der Waals surface area contributed by atoms with E-state index in [0.717, 1.165) is 12.0 Å². The van der Waals surface area contributed by atoms with Crippen molar-refractivity contribution in [1.29, 1.82) is 0 Å². The molecule has 1 aliphatic carbocycles. The quantitative estimate of drug-likeness (QED) is 0.650. The molecular weight excluding hydrogens is 188 g/mol. The topological polar surface area (TPSA) is 29.6 Å². The molecule has 2 heteroatoms. The number of epoxide rings is 1. The zero-order valence-corrected chi connectivity index (χ0v) is 9.83. The summed E-state index contributed by atoms with van der Waals surface area (Å²) < 4.78 is 5.59. The first-order valence-electron chi connectivity index (χ1n) is 5.43. The van der Waals surface area contributed by atoms with Crippen LogP contribution >= 0.6 is 0 Å². The molecule has 2 rings (SSSR count). The van der Waals surface area contributed by atoms with Gasteiger partial charge in [0.2, 0.25) is 0 Å². The van der Waals surface area contributed by atoms with Crippen LogP contribution in [-0.4, -0.2) is 17.5 Å². The minimum Gasteiger partial charge on any atom is -0.367 e. The fourth-order valence-electron chi connectivity index (χ4n) is 2.16. The average Bonchev–Trinajstić information content (AvgIpc) is 2.67. The lowest BCUT2D eigenvalue weighted by atomic mass is 9.78. The lowest BCUT2D eigenvalue weighted by Gasteiger charge is -2.25. The summed E-state index contributed by atoms with van der Waals surface area (Å²) in [4.78, 5) is 11.3. The normalized spacial score (nSPS) is 37.7. The van der Waals surface area contributed by atoms with Gasteiger partial charge < -0.3 is 4.74 Å². The number of allylic oxidation sites excluding steroid dienone is 4. The minimum atomic E-state index is -0.0174. The predicted molar refractivity (Wildman–Crippen MR) is 59.6 cm³/mol. The molecule has 82 valence electrons. The van der Waals surface area contributed by atoms with Gasteiger partial charge in [-0.1, -0.05) is 19.1 Å². The largest absolute Gasteiger partial charge is 0.367 e. The number of ether oxygens (including phenoxy) is 1. The van der Waals surface area contributed by atoms with Gasteiger partial charge in [0, 0.05) is 5.41 Å². The number of carbonyl (C=O) groups excluding carboxylic acids is 1. The molecule has 0 N–H and O–H groups in total. The summed E-state index contributed by atoms with van der Waals surface area (Å²) >= 11 is 0. The number of hydrogen-bond donors (Lipinski definition) is 0. The number of carbonyl (C=O) groups is 1. The highest BCUT2D eigenvalue weighted by atomic mass is 16.6. The van der Waals surface area contributed by atoms with Crippen LogP contribution in [0, 0.1) is 5.41 Å². The van der Waals surface area contributed by atoms with E-state index in [9.17, 15) is 4.79 Å². The summed E-state index contributed by atoms with van der Waals surface area (Å²) in [6, 6.07) is 0. The van der Waals surface area contributed by atoms with E-state index in [1.165, 1.54) is 0 Å². The summed E-state index contributed by atoms with van der Waals surface area (Å²) in [5, 5.41) is 0. The fourth-order valence-corrected chi connectivity index (χ4v) is 2.16. The molecule has 2 aliphatic rings. The van der Waals surface area contributed by atoms with Gasteiger partial charge in [-0.15, -0.1) is 0 Å². The molecule has 0 radical (unpaired) electrons. The van der Waals surface area contributed by atoms with E-state index < -0.39 is 0 Å². The van der Waals surface area contributed by atoms with Crippen molar-refractivity contribution in [2.75, 3.05) is 0 Å². The Hall–Kier alpha value is -0.890. The van der Waals surface area contributed by atoms with Crippen LogP contribution in [0.1, 0.15) is 34.1 Å². The lowest BCUT2D eigenvalue weighted by Crippen LogP contribution is -2.20. The average molecular weight is 206 g/mol. The van der Waals surface area contributed by atoms with Crippen molar-refractivity contribution in [3.63, 3.8) is 0 Å². The lowest BCUT2D eigenvalue weighted by molar-refractivity contribution is -0.111. The van der Waals surface area contributed by atoms with Gasteiger partial charge in [-0.25, -0.2) is 0 Å². The van der Waals surface area contributed by atoms with Crippen molar-refractivity contribution in [3.8, 4) is 0 Å². The van der Waals surface area contributed by atoms with E-state index in [-0.39, 0.29) is 16.8 Å². The Bertz CT molecular complexity index is 363. The van der Waals surface area contributed by atoms with E-state index in [1.807, 2.05) is 13.0 Å². The van der Waals surface area contributed by atoms with E-state index in [4.69, 9.17) is 4.74 Å². The van der Waals surface area contributed by atoms with E-state index in [1.54, 1.807) is 6.08 Å². The van der Waals surface area contributed by atoms with Gasteiger partial charge in [-0.05, 0) is 38.8 Å². The first kappa shape index (κ1) is 10.6. The number of ketones is 1. The molecule has 0 saturated carbocycles. The highest BCUT2D eigenvalue weighted by Gasteiger charge is 2.50. The van der Waals surface area contributed by atoms with E-state index >= 15 is 0 Å². The SMILES string of the molecule is CC1=CC(C)(CC2OC2(C)C)C=CC1=O. The molecule has 1 saturated heterocycles. The van der Waals surface area contributed by atoms with Gasteiger partial charge in [0.05, 0.1) is 11.7 Å². The van der Waals surface area contributed by atoms with Gasteiger partial charge in [-0.2, -0.15) is 0 Å². The second-order valence-corrected chi connectivity index (χ2v) is 5.44. The maximum Gasteiger partial charge on any atom is 0.180 e. The van der Waals surface area contributed by atoms with Gasteiger partial charge in [0.15, 0.2) is 5.78 Å². The summed E-state index contributed by atoms with van der Waals surface area (Å²) in [7, 11) is 0. The summed E-state index contributed by atoms with van der Waals surface area (Å²) in [6.45, 7) is 8.24. The molecule has 1 aliphatic heterocycles. The molecule has 2 unspecified atom stereocenters. The summed E-state index contributed by atoms with van der Waals surface area (Å²) in [5.74, 6) is 0.128. The van der Waals surface area contributed by atoms with E-state index in [2.05, 4.69) is 26.8 Å². The molecular formula is C13H18O2. The van der Waals surface area contributed by atoms with Crippen LogP contribution in [0.3, 0.4) is 0 Å². The Morgan fingerprint density at radius 3 is 2.47 bits per heavy atom. The molecule has 2 nitrogen and oxygen atoms in total. The van der Waals surface area contributed by atoms with Crippen LogP contribution in [0.15, 0.2) is 23.8 Å². The highest BCUT2D eigenvalue weighted by molar-refractivity contribution is 6.04. The Morgan fingerprint density at radius 2 is 2.00 bits per heavy atom.